The number of aromatic nitrogens is 1. The summed E-state index contributed by atoms with van der Waals surface area (Å²) in [5, 5.41) is 3.86. The van der Waals surface area contributed by atoms with Crippen molar-refractivity contribution in [2.24, 2.45) is 0 Å². The SMILES string of the molecule is Cc1ccnc(S(=O)(=O)Cc2ccsc2)c1. The average molecular weight is 253 g/mol. The molecule has 0 bridgehead atoms. The van der Waals surface area contributed by atoms with Crippen LogP contribution in [-0.4, -0.2) is 13.4 Å². The van der Waals surface area contributed by atoms with Crippen molar-refractivity contribution in [1.29, 1.82) is 0 Å². The molecule has 2 heterocycles. The van der Waals surface area contributed by atoms with E-state index in [0.717, 1.165) is 11.1 Å². The predicted molar refractivity (Wildman–Crippen MR) is 64.2 cm³/mol. The lowest BCUT2D eigenvalue weighted by molar-refractivity contribution is 0.591. The number of sulfone groups is 1. The maximum atomic E-state index is 12.0. The Hall–Kier alpha value is -1.20. The van der Waals surface area contributed by atoms with Crippen LogP contribution in [0.2, 0.25) is 0 Å². The highest BCUT2D eigenvalue weighted by atomic mass is 32.2. The number of nitrogens with zero attached hydrogens (tertiary/aromatic N) is 1. The Morgan fingerprint density at radius 1 is 1.38 bits per heavy atom. The fourth-order valence-electron chi connectivity index (χ4n) is 1.35. The highest BCUT2D eigenvalue weighted by molar-refractivity contribution is 7.90. The van der Waals surface area contributed by atoms with E-state index in [1.807, 2.05) is 23.8 Å². The van der Waals surface area contributed by atoms with E-state index in [9.17, 15) is 8.42 Å². The predicted octanol–water partition coefficient (Wildman–Crippen LogP) is 2.43. The van der Waals surface area contributed by atoms with Crippen molar-refractivity contribution >= 4 is 21.2 Å². The van der Waals surface area contributed by atoms with Crippen molar-refractivity contribution in [3.05, 3.63) is 46.3 Å². The summed E-state index contributed by atoms with van der Waals surface area (Å²) in [6.07, 6.45) is 1.52. The molecule has 2 aromatic heterocycles. The molecule has 0 saturated carbocycles. The lowest BCUT2D eigenvalue weighted by Crippen LogP contribution is -2.06. The number of aryl methyl sites for hydroxylation is 1. The maximum absolute atomic E-state index is 12.0. The highest BCUT2D eigenvalue weighted by Crippen LogP contribution is 2.16. The normalized spacial score (nSPS) is 11.6. The molecule has 3 nitrogen and oxygen atoms in total. The topological polar surface area (TPSA) is 47.0 Å². The van der Waals surface area contributed by atoms with Gasteiger partial charge >= 0.3 is 0 Å². The molecule has 0 saturated heterocycles. The van der Waals surface area contributed by atoms with Crippen molar-refractivity contribution in [1.82, 2.24) is 4.98 Å². The number of rotatable bonds is 3. The summed E-state index contributed by atoms with van der Waals surface area (Å²) in [5.41, 5.74) is 1.71. The molecule has 0 radical (unpaired) electrons. The summed E-state index contributed by atoms with van der Waals surface area (Å²) < 4.78 is 24.0. The third-order valence-electron chi connectivity index (χ3n) is 2.15. The van der Waals surface area contributed by atoms with E-state index in [1.165, 1.54) is 17.5 Å². The van der Waals surface area contributed by atoms with Crippen LogP contribution in [0.5, 0.6) is 0 Å². The summed E-state index contributed by atoms with van der Waals surface area (Å²) >= 11 is 1.49. The van der Waals surface area contributed by atoms with Gasteiger partial charge in [0.1, 0.15) is 0 Å². The molecule has 16 heavy (non-hydrogen) atoms. The second-order valence-corrected chi connectivity index (χ2v) is 6.28. The summed E-state index contributed by atoms with van der Waals surface area (Å²) in [4.78, 5) is 3.91. The minimum Gasteiger partial charge on any atom is -0.245 e. The van der Waals surface area contributed by atoms with E-state index >= 15 is 0 Å². The molecule has 0 unspecified atom stereocenters. The van der Waals surface area contributed by atoms with E-state index in [-0.39, 0.29) is 10.8 Å². The summed E-state index contributed by atoms with van der Waals surface area (Å²) in [5.74, 6) is 0.0208. The van der Waals surface area contributed by atoms with Crippen molar-refractivity contribution in [3.8, 4) is 0 Å². The Balaban J connectivity index is 2.33. The molecule has 0 aliphatic rings. The van der Waals surface area contributed by atoms with E-state index in [4.69, 9.17) is 0 Å². The van der Waals surface area contributed by atoms with Crippen LogP contribution >= 0.6 is 11.3 Å². The standard InChI is InChI=1S/C11H11NO2S2/c1-9-2-4-12-11(6-9)16(13,14)8-10-3-5-15-7-10/h2-7H,8H2,1H3. The van der Waals surface area contributed by atoms with Crippen LogP contribution < -0.4 is 0 Å². The van der Waals surface area contributed by atoms with Gasteiger partial charge in [-0.25, -0.2) is 13.4 Å². The third kappa shape index (κ3) is 2.48. The van der Waals surface area contributed by atoms with Gasteiger partial charge in [0.25, 0.3) is 0 Å². The maximum Gasteiger partial charge on any atom is 0.199 e. The lowest BCUT2D eigenvalue weighted by Gasteiger charge is -2.02. The molecular weight excluding hydrogens is 242 g/mol. The summed E-state index contributed by atoms with van der Waals surface area (Å²) in [7, 11) is -3.31. The summed E-state index contributed by atoms with van der Waals surface area (Å²) in [6, 6.07) is 5.20. The smallest absolute Gasteiger partial charge is 0.199 e. The van der Waals surface area contributed by atoms with Gasteiger partial charge < -0.3 is 0 Å². The van der Waals surface area contributed by atoms with E-state index < -0.39 is 9.84 Å². The molecular formula is C11H11NO2S2. The number of pyridine rings is 1. The van der Waals surface area contributed by atoms with Crippen molar-refractivity contribution in [2.75, 3.05) is 0 Å². The number of hydrogen-bond donors (Lipinski definition) is 0. The Morgan fingerprint density at radius 2 is 2.19 bits per heavy atom. The minimum absolute atomic E-state index is 0.0208. The second kappa shape index (κ2) is 4.35. The fraction of sp³-hybridized carbons (Fsp3) is 0.182. The van der Waals surface area contributed by atoms with Gasteiger partial charge in [-0.05, 0) is 47.0 Å². The van der Waals surface area contributed by atoms with Gasteiger partial charge in [0.15, 0.2) is 14.9 Å². The van der Waals surface area contributed by atoms with Gasteiger partial charge in [0, 0.05) is 6.20 Å². The largest absolute Gasteiger partial charge is 0.245 e. The first-order valence-electron chi connectivity index (χ1n) is 4.74. The molecule has 5 heteroatoms. The molecule has 0 N–H and O–H groups in total. The van der Waals surface area contributed by atoms with Crippen molar-refractivity contribution < 1.29 is 8.42 Å². The van der Waals surface area contributed by atoms with Gasteiger partial charge in [-0.1, -0.05) is 0 Å². The molecule has 0 fully saturated rings. The highest BCUT2D eigenvalue weighted by Gasteiger charge is 2.16. The van der Waals surface area contributed by atoms with E-state index in [2.05, 4.69) is 4.98 Å². The quantitative estimate of drug-likeness (QED) is 0.844. The molecule has 2 rings (SSSR count). The fourth-order valence-corrected chi connectivity index (χ4v) is 3.47. The van der Waals surface area contributed by atoms with Gasteiger partial charge in [-0.15, -0.1) is 0 Å². The van der Waals surface area contributed by atoms with Crippen LogP contribution in [0.15, 0.2) is 40.2 Å². The molecule has 2 aromatic rings. The van der Waals surface area contributed by atoms with Crippen molar-refractivity contribution in [2.45, 2.75) is 17.7 Å². The van der Waals surface area contributed by atoms with E-state index in [0.29, 0.717) is 0 Å². The van der Waals surface area contributed by atoms with Gasteiger partial charge in [0.05, 0.1) is 5.75 Å². The zero-order valence-electron chi connectivity index (χ0n) is 8.75. The Bertz CT molecular complexity index is 574. The Kier molecular flexibility index (Phi) is 3.07. The first-order valence-corrected chi connectivity index (χ1v) is 7.34. The zero-order valence-corrected chi connectivity index (χ0v) is 10.4. The number of hydrogen-bond acceptors (Lipinski definition) is 4. The first-order chi connectivity index (χ1) is 7.58. The van der Waals surface area contributed by atoms with Crippen LogP contribution in [0.25, 0.3) is 0 Å². The van der Waals surface area contributed by atoms with Crippen molar-refractivity contribution in [3.63, 3.8) is 0 Å². The van der Waals surface area contributed by atoms with Gasteiger partial charge in [-0.2, -0.15) is 11.3 Å². The zero-order chi connectivity index (χ0) is 11.6. The first kappa shape index (κ1) is 11.3. The average Bonchev–Trinajstić information content (AvgIpc) is 2.70. The molecule has 0 aromatic carbocycles. The molecule has 0 atom stereocenters. The minimum atomic E-state index is -3.31. The summed E-state index contributed by atoms with van der Waals surface area (Å²) in [6.45, 7) is 1.85. The molecule has 0 amide bonds. The molecule has 0 aliphatic carbocycles. The molecule has 0 spiro atoms. The van der Waals surface area contributed by atoms with Crippen LogP contribution in [-0.2, 0) is 15.6 Å². The van der Waals surface area contributed by atoms with Crippen LogP contribution in [0.1, 0.15) is 11.1 Å². The molecule has 0 aliphatic heterocycles. The van der Waals surface area contributed by atoms with Gasteiger partial charge in [-0.3, -0.25) is 0 Å². The Labute approximate surface area is 98.7 Å². The lowest BCUT2D eigenvalue weighted by atomic mass is 10.3. The third-order valence-corrected chi connectivity index (χ3v) is 4.45. The van der Waals surface area contributed by atoms with Crippen LogP contribution in [0.4, 0.5) is 0 Å². The van der Waals surface area contributed by atoms with Crippen LogP contribution in [0.3, 0.4) is 0 Å². The Morgan fingerprint density at radius 3 is 2.81 bits per heavy atom. The molecule has 84 valence electrons. The van der Waals surface area contributed by atoms with E-state index in [1.54, 1.807) is 12.1 Å². The van der Waals surface area contributed by atoms with Gasteiger partial charge in [0.2, 0.25) is 0 Å². The second-order valence-electron chi connectivity index (χ2n) is 3.56. The van der Waals surface area contributed by atoms with Crippen LogP contribution in [0, 0.1) is 6.92 Å². The number of thiophene rings is 1. The monoisotopic (exact) mass is 253 g/mol.